The van der Waals surface area contributed by atoms with E-state index in [4.69, 9.17) is 22.1 Å². The van der Waals surface area contributed by atoms with E-state index < -0.39 is 58.1 Å². The number of primary amides is 1. The van der Waals surface area contributed by atoms with Gasteiger partial charge in [-0.1, -0.05) is 74.8 Å². The van der Waals surface area contributed by atoms with E-state index in [1.807, 2.05) is 0 Å². The summed E-state index contributed by atoms with van der Waals surface area (Å²) in [4.78, 5) is 24.7. The van der Waals surface area contributed by atoms with Gasteiger partial charge in [0.1, 0.15) is 23.7 Å². The van der Waals surface area contributed by atoms with Crippen LogP contribution < -0.4 is 10.5 Å². The topological polar surface area (TPSA) is 110 Å². The van der Waals surface area contributed by atoms with Crippen LogP contribution in [0.15, 0.2) is 60.7 Å². The van der Waals surface area contributed by atoms with E-state index in [2.05, 4.69) is 0 Å². The number of nitrogens with two attached hydrogens (primary N) is 1. The molecule has 38 heavy (non-hydrogen) atoms. The van der Waals surface area contributed by atoms with Crippen molar-refractivity contribution in [2.75, 3.05) is 0 Å². The van der Waals surface area contributed by atoms with Gasteiger partial charge in [0.25, 0.3) is 5.91 Å². The predicted molar refractivity (Wildman–Crippen MR) is 136 cm³/mol. The van der Waals surface area contributed by atoms with E-state index in [1.54, 1.807) is 39.0 Å². The smallest absolute Gasteiger partial charge is 0.423 e. The molecule has 0 saturated carbocycles. The maximum atomic E-state index is 13.9. The molecule has 6 nitrogen and oxygen atoms in total. The van der Waals surface area contributed by atoms with Gasteiger partial charge >= 0.3 is 6.18 Å². The average molecular weight is 550 g/mol. The highest BCUT2D eigenvalue weighted by atomic mass is 35.5. The van der Waals surface area contributed by atoms with E-state index in [0.717, 1.165) is 12.1 Å². The van der Waals surface area contributed by atoms with Crippen molar-refractivity contribution in [3.63, 3.8) is 0 Å². The first kappa shape index (κ1) is 29.0. The number of hydrogen-bond acceptors (Lipinski definition) is 5. The predicted octanol–water partition coefficient (Wildman–Crippen LogP) is 5.98. The van der Waals surface area contributed by atoms with Crippen molar-refractivity contribution in [2.24, 2.45) is 11.1 Å². The Balaban J connectivity index is 1.93. The number of aromatic hydroxyl groups is 1. The maximum absolute atomic E-state index is 13.9. The zero-order chi connectivity index (χ0) is 28.5. The molecular formula is C28H27ClF3NO5. The zero-order valence-corrected chi connectivity index (χ0v) is 21.7. The first-order chi connectivity index (χ1) is 17.6. The summed E-state index contributed by atoms with van der Waals surface area (Å²) >= 11 is 6.32. The molecule has 0 spiro atoms. The normalized spacial score (nSPS) is 13.6. The maximum Gasteiger partial charge on any atom is 0.423 e. The van der Waals surface area contributed by atoms with Crippen molar-refractivity contribution in [2.45, 2.75) is 45.6 Å². The van der Waals surface area contributed by atoms with E-state index in [1.165, 1.54) is 30.3 Å². The number of Topliss-reactive ketones (excluding diaryl/α,β-unsaturated/α-hetero) is 1. The fraction of sp³-hybridized carbons (Fsp3) is 0.286. The van der Waals surface area contributed by atoms with Gasteiger partial charge in [0.05, 0.1) is 5.56 Å². The minimum absolute atomic E-state index is 0.00661. The Morgan fingerprint density at radius 3 is 2.13 bits per heavy atom. The molecule has 3 rings (SSSR count). The third-order valence-electron chi connectivity index (χ3n) is 5.82. The molecule has 1 amide bonds. The van der Waals surface area contributed by atoms with Gasteiger partial charge in [-0.3, -0.25) is 9.59 Å². The number of carbonyl (C=O) groups is 2. The fourth-order valence-corrected chi connectivity index (χ4v) is 4.18. The van der Waals surface area contributed by atoms with Crippen LogP contribution in [0.4, 0.5) is 13.2 Å². The Bertz CT molecular complexity index is 1350. The van der Waals surface area contributed by atoms with Gasteiger partial charge in [0, 0.05) is 17.0 Å². The number of rotatable bonds is 8. The molecule has 1 atom stereocenters. The van der Waals surface area contributed by atoms with E-state index in [9.17, 15) is 33.0 Å². The van der Waals surface area contributed by atoms with Gasteiger partial charge in [0.2, 0.25) is 0 Å². The molecule has 0 aromatic heterocycles. The molecule has 0 fully saturated rings. The molecule has 0 radical (unpaired) electrons. The van der Waals surface area contributed by atoms with Crippen molar-refractivity contribution in [1.82, 2.24) is 0 Å². The highest BCUT2D eigenvalue weighted by Gasteiger charge is 2.40. The Labute approximate surface area is 222 Å². The molecule has 202 valence electrons. The van der Waals surface area contributed by atoms with E-state index >= 15 is 0 Å². The summed E-state index contributed by atoms with van der Waals surface area (Å²) in [7, 11) is 0. The summed E-state index contributed by atoms with van der Waals surface area (Å²) in [6.45, 7) is 4.81. The Morgan fingerprint density at radius 1 is 0.974 bits per heavy atom. The van der Waals surface area contributed by atoms with Crippen LogP contribution in [-0.2, 0) is 23.2 Å². The van der Waals surface area contributed by atoms with Crippen LogP contribution >= 0.6 is 11.6 Å². The first-order valence-electron chi connectivity index (χ1n) is 11.5. The third kappa shape index (κ3) is 6.11. The first-order valence-corrected chi connectivity index (χ1v) is 11.9. The van der Waals surface area contributed by atoms with Gasteiger partial charge in [-0.05, 0) is 34.7 Å². The summed E-state index contributed by atoms with van der Waals surface area (Å²) in [6.07, 6.45) is -5.08. The molecule has 4 N–H and O–H groups in total. The number of aliphatic hydroxyl groups is 1. The molecule has 0 aliphatic carbocycles. The minimum atomic E-state index is -5.02. The highest BCUT2D eigenvalue weighted by Crippen LogP contribution is 2.45. The van der Waals surface area contributed by atoms with Crippen LogP contribution in [0.3, 0.4) is 0 Å². The number of hydrogen-bond donors (Lipinski definition) is 3. The quantitative estimate of drug-likeness (QED) is 0.299. The van der Waals surface area contributed by atoms with Gasteiger partial charge in [-0.15, -0.1) is 0 Å². The second-order valence-corrected chi connectivity index (χ2v) is 10.4. The van der Waals surface area contributed by atoms with Gasteiger partial charge in [-0.2, -0.15) is 13.2 Å². The molecule has 3 aromatic rings. The fourth-order valence-electron chi connectivity index (χ4n) is 3.94. The lowest BCUT2D eigenvalue weighted by Crippen LogP contribution is -2.42. The largest absolute Gasteiger partial charge is 0.506 e. The second kappa shape index (κ2) is 10.7. The summed E-state index contributed by atoms with van der Waals surface area (Å²) < 4.78 is 47.0. The summed E-state index contributed by atoms with van der Waals surface area (Å²) in [6, 6.07) is 14.0. The van der Waals surface area contributed by atoms with E-state index in [0.29, 0.717) is 0 Å². The Morgan fingerprint density at radius 2 is 1.61 bits per heavy atom. The molecule has 10 heteroatoms. The van der Waals surface area contributed by atoms with Crippen LogP contribution in [0.2, 0.25) is 5.02 Å². The Hall–Kier alpha value is -3.56. The lowest BCUT2D eigenvalue weighted by molar-refractivity contribution is -0.140. The van der Waals surface area contributed by atoms with Crippen LogP contribution in [0.1, 0.15) is 59.8 Å². The van der Waals surface area contributed by atoms with Crippen molar-refractivity contribution in [3.05, 3.63) is 93.5 Å². The molecule has 1 unspecified atom stereocenters. The number of ketones is 1. The third-order valence-corrected chi connectivity index (χ3v) is 6.17. The number of phenolic OH excluding ortho intramolecular Hbond substituents is 1. The van der Waals surface area contributed by atoms with Crippen molar-refractivity contribution in [1.29, 1.82) is 0 Å². The molecular weight excluding hydrogens is 523 g/mol. The summed E-state index contributed by atoms with van der Waals surface area (Å²) in [5.41, 5.74) is 1.36. The van der Waals surface area contributed by atoms with Crippen molar-refractivity contribution < 1.29 is 37.7 Å². The second-order valence-electron chi connectivity index (χ2n) is 10.0. The minimum Gasteiger partial charge on any atom is -0.506 e. The summed E-state index contributed by atoms with van der Waals surface area (Å²) in [5, 5.41) is 21.5. The van der Waals surface area contributed by atoms with Gasteiger partial charge in [0.15, 0.2) is 11.4 Å². The standard InChI is InChI=1S/C28H27ClF3NO5/c1-26(2,3)14-21(34)19-11-12-22(23(24(19)35)28(30,31)32)38-15-16-9-10-18(13-20(16)29)27(37,25(33)36)17-7-5-4-6-8-17/h4-13,35,37H,14-15H2,1-3H3,(H2,33,36). The van der Waals surface area contributed by atoms with Crippen molar-refractivity contribution >= 4 is 23.3 Å². The number of alkyl halides is 3. The molecule has 0 bridgehead atoms. The zero-order valence-electron chi connectivity index (χ0n) is 20.9. The number of carbonyl (C=O) groups excluding carboxylic acids is 2. The summed E-state index contributed by atoms with van der Waals surface area (Å²) in [5.74, 6) is -3.58. The van der Waals surface area contributed by atoms with Crippen LogP contribution in [0.25, 0.3) is 0 Å². The lowest BCUT2D eigenvalue weighted by atomic mass is 9.85. The number of phenols is 1. The Kier molecular flexibility index (Phi) is 8.14. The van der Waals surface area contributed by atoms with Gasteiger partial charge < -0.3 is 20.7 Å². The molecule has 0 saturated heterocycles. The number of halogens is 4. The average Bonchev–Trinajstić information content (AvgIpc) is 2.81. The lowest BCUT2D eigenvalue weighted by Gasteiger charge is -2.26. The number of amides is 1. The molecule has 0 heterocycles. The number of ether oxygens (including phenoxy) is 1. The van der Waals surface area contributed by atoms with Crippen LogP contribution in [-0.4, -0.2) is 21.9 Å². The monoisotopic (exact) mass is 549 g/mol. The molecule has 0 aliphatic heterocycles. The van der Waals surface area contributed by atoms with Crippen molar-refractivity contribution in [3.8, 4) is 11.5 Å². The molecule has 3 aromatic carbocycles. The van der Waals surface area contributed by atoms with Crippen LogP contribution in [0, 0.1) is 5.41 Å². The molecule has 0 aliphatic rings. The van der Waals surface area contributed by atoms with Crippen LogP contribution in [0.5, 0.6) is 11.5 Å². The number of benzene rings is 3. The highest BCUT2D eigenvalue weighted by molar-refractivity contribution is 6.31. The van der Waals surface area contributed by atoms with Gasteiger partial charge in [-0.25, -0.2) is 0 Å². The van der Waals surface area contributed by atoms with E-state index in [-0.39, 0.29) is 28.1 Å². The SMILES string of the molecule is CC(C)(C)CC(=O)c1ccc(OCc2ccc(C(O)(C(N)=O)c3ccccc3)cc2Cl)c(C(F)(F)F)c1O.